The molecule has 21 heavy (non-hydrogen) atoms. The van der Waals surface area contributed by atoms with Crippen LogP contribution in [-0.4, -0.2) is 11.5 Å². The van der Waals surface area contributed by atoms with Crippen LogP contribution in [0.3, 0.4) is 0 Å². The summed E-state index contributed by atoms with van der Waals surface area (Å²) in [6.07, 6.45) is 0. The van der Waals surface area contributed by atoms with Crippen molar-refractivity contribution in [2.45, 2.75) is 6.61 Å². The Morgan fingerprint density at radius 2 is 1.86 bits per heavy atom. The first-order valence-corrected chi connectivity index (χ1v) is 5.66. The van der Waals surface area contributed by atoms with Crippen molar-refractivity contribution in [3.63, 3.8) is 0 Å². The van der Waals surface area contributed by atoms with Crippen LogP contribution < -0.4 is 10.5 Å². The number of hydrogen-bond acceptors (Lipinski definition) is 4. The second-order valence-corrected chi connectivity index (χ2v) is 4.08. The molecule has 0 saturated heterocycles. The maximum atomic E-state index is 13.4. The molecule has 0 aliphatic rings. The van der Waals surface area contributed by atoms with Gasteiger partial charge in [0.05, 0.1) is 4.92 Å². The molecule has 110 valence electrons. The van der Waals surface area contributed by atoms with Gasteiger partial charge in [0.2, 0.25) is 0 Å². The van der Waals surface area contributed by atoms with E-state index >= 15 is 0 Å². The number of nitrogens with two attached hydrogens (primary N) is 1. The monoisotopic (exact) mass is 298 g/mol. The molecular weight excluding hydrogens is 289 g/mol. The Morgan fingerprint density at radius 3 is 2.48 bits per heavy atom. The van der Waals surface area contributed by atoms with Gasteiger partial charge >= 0.3 is 6.61 Å². The first-order chi connectivity index (χ1) is 9.86. The van der Waals surface area contributed by atoms with Gasteiger partial charge in [-0.2, -0.15) is 8.78 Å². The molecule has 2 aromatic rings. The Hall–Kier alpha value is -2.77. The Labute approximate surface area is 116 Å². The van der Waals surface area contributed by atoms with E-state index < -0.39 is 17.4 Å². The van der Waals surface area contributed by atoms with Crippen molar-refractivity contribution in [1.29, 1.82) is 0 Å². The van der Waals surface area contributed by atoms with Gasteiger partial charge in [0.1, 0.15) is 17.3 Å². The molecule has 2 rings (SSSR count). The smallest absolute Gasteiger partial charge is 0.387 e. The molecule has 0 aromatic heterocycles. The van der Waals surface area contributed by atoms with Crippen LogP contribution in [0.15, 0.2) is 36.4 Å². The van der Waals surface area contributed by atoms with Crippen molar-refractivity contribution in [2.24, 2.45) is 0 Å². The number of nitrogens with zero attached hydrogens (tertiary/aromatic N) is 1. The second kappa shape index (κ2) is 5.70. The lowest BCUT2D eigenvalue weighted by Crippen LogP contribution is -2.02. The molecule has 0 atom stereocenters. The second-order valence-electron chi connectivity index (χ2n) is 4.08. The van der Waals surface area contributed by atoms with Gasteiger partial charge in [-0.3, -0.25) is 10.1 Å². The fraction of sp³-hybridized carbons (Fsp3) is 0.0769. The van der Waals surface area contributed by atoms with Crippen LogP contribution in [0.2, 0.25) is 0 Å². The zero-order valence-electron chi connectivity index (χ0n) is 10.4. The van der Waals surface area contributed by atoms with Crippen LogP contribution >= 0.6 is 0 Å². The minimum atomic E-state index is -3.10. The number of hydrogen-bond donors (Lipinski definition) is 1. The zero-order chi connectivity index (χ0) is 15.6. The van der Waals surface area contributed by atoms with E-state index in [2.05, 4.69) is 4.74 Å². The Bertz CT molecular complexity index is 692. The van der Waals surface area contributed by atoms with Crippen LogP contribution in [0, 0.1) is 15.9 Å². The normalized spacial score (nSPS) is 10.7. The van der Waals surface area contributed by atoms with Gasteiger partial charge in [0, 0.05) is 12.1 Å². The molecule has 0 bridgehead atoms. The summed E-state index contributed by atoms with van der Waals surface area (Å²) < 4.78 is 41.9. The van der Waals surface area contributed by atoms with Gasteiger partial charge in [0.25, 0.3) is 5.69 Å². The number of nitrogen functional groups attached to an aromatic ring is 1. The molecule has 0 aliphatic carbocycles. The molecule has 0 spiro atoms. The van der Waals surface area contributed by atoms with Gasteiger partial charge < -0.3 is 10.5 Å². The van der Waals surface area contributed by atoms with Gasteiger partial charge in [-0.25, -0.2) is 4.39 Å². The number of anilines is 1. The van der Waals surface area contributed by atoms with Gasteiger partial charge in [-0.05, 0) is 29.3 Å². The van der Waals surface area contributed by atoms with E-state index in [0.29, 0.717) is 0 Å². The van der Waals surface area contributed by atoms with E-state index in [4.69, 9.17) is 5.73 Å². The molecule has 0 heterocycles. The fourth-order valence-electron chi connectivity index (χ4n) is 1.78. The maximum absolute atomic E-state index is 13.4. The fourth-order valence-corrected chi connectivity index (χ4v) is 1.78. The highest BCUT2D eigenvalue weighted by Crippen LogP contribution is 2.31. The number of nitro benzene ring substituents is 1. The van der Waals surface area contributed by atoms with Crippen molar-refractivity contribution in [3.05, 3.63) is 52.3 Å². The van der Waals surface area contributed by atoms with Crippen molar-refractivity contribution in [1.82, 2.24) is 0 Å². The molecule has 0 saturated carbocycles. The van der Waals surface area contributed by atoms with Gasteiger partial charge in [0.15, 0.2) is 0 Å². The lowest BCUT2D eigenvalue weighted by molar-refractivity contribution is -0.383. The molecule has 2 aromatic carbocycles. The van der Waals surface area contributed by atoms with E-state index in [1.807, 2.05) is 0 Å². The summed E-state index contributed by atoms with van der Waals surface area (Å²) in [5, 5.41) is 10.8. The molecule has 0 aliphatic heterocycles. The predicted octanol–water partition coefficient (Wildman–Crippen LogP) is 3.58. The number of halogens is 3. The first kappa shape index (κ1) is 14.6. The molecule has 0 unspecified atom stereocenters. The Balaban J connectivity index is 2.48. The SMILES string of the molecule is Nc1ccc(-c2cc(F)cc(OC(F)F)c2)cc1[N+](=O)[O-]. The van der Waals surface area contributed by atoms with E-state index in [0.717, 1.165) is 24.3 Å². The van der Waals surface area contributed by atoms with E-state index in [9.17, 15) is 23.3 Å². The Kier molecular flexibility index (Phi) is 3.97. The number of ether oxygens (including phenoxy) is 1. The summed E-state index contributed by atoms with van der Waals surface area (Å²) >= 11 is 0. The number of rotatable bonds is 4. The lowest BCUT2D eigenvalue weighted by Gasteiger charge is -2.08. The standard InChI is InChI=1S/C13H9F3N2O3/c14-9-3-8(4-10(6-9)21-13(15)16)7-1-2-11(17)12(5-7)18(19)20/h1-6,13H,17H2. The molecule has 0 fully saturated rings. The predicted molar refractivity (Wildman–Crippen MR) is 69.5 cm³/mol. The van der Waals surface area contributed by atoms with Crippen molar-refractivity contribution >= 4 is 11.4 Å². The number of benzene rings is 2. The lowest BCUT2D eigenvalue weighted by atomic mass is 10.0. The highest BCUT2D eigenvalue weighted by Gasteiger charge is 2.14. The van der Waals surface area contributed by atoms with E-state index in [-0.39, 0.29) is 28.3 Å². The third kappa shape index (κ3) is 3.41. The molecule has 0 amide bonds. The van der Waals surface area contributed by atoms with Gasteiger partial charge in [-0.1, -0.05) is 6.07 Å². The van der Waals surface area contributed by atoms with Crippen LogP contribution in [0.5, 0.6) is 5.75 Å². The molecule has 5 nitrogen and oxygen atoms in total. The minimum Gasteiger partial charge on any atom is -0.435 e. The number of nitro groups is 1. The average Bonchev–Trinajstić information content (AvgIpc) is 2.37. The van der Waals surface area contributed by atoms with Gasteiger partial charge in [-0.15, -0.1) is 0 Å². The van der Waals surface area contributed by atoms with Crippen LogP contribution in [0.4, 0.5) is 24.5 Å². The molecule has 8 heteroatoms. The van der Waals surface area contributed by atoms with Crippen molar-refractivity contribution < 1.29 is 22.8 Å². The summed E-state index contributed by atoms with van der Waals surface area (Å²) in [7, 11) is 0. The van der Waals surface area contributed by atoms with E-state index in [1.165, 1.54) is 12.1 Å². The topological polar surface area (TPSA) is 78.4 Å². The van der Waals surface area contributed by atoms with Crippen LogP contribution in [-0.2, 0) is 0 Å². The third-order valence-electron chi connectivity index (χ3n) is 2.66. The third-order valence-corrected chi connectivity index (χ3v) is 2.66. The Morgan fingerprint density at radius 1 is 1.14 bits per heavy atom. The summed E-state index contributed by atoms with van der Waals surface area (Å²) in [5.41, 5.74) is 5.47. The summed E-state index contributed by atoms with van der Waals surface area (Å²) in [5.74, 6) is -1.18. The number of alkyl halides is 2. The quantitative estimate of drug-likeness (QED) is 0.531. The molecule has 0 radical (unpaired) electrons. The summed E-state index contributed by atoms with van der Waals surface area (Å²) in [6.45, 7) is -3.10. The largest absolute Gasteiger partial charge is 0.435 e. The first-order valence-electron chi connectivity index (χ1n) is 5.66. The average molecular weight is 298 g/mol. The minimum absolute atomic E-state index is 0.0517. The summed E-state index contributed by atoms with van der Waals surface area (Å²) in [4.78, 5) is 10.1. The van der Waals surface area contributed by atoms with Crippen molar-refractivity contribution in [3.8, 4) is 16.9 Å². The van der Waals surface area contributed by atoms with Crippen LogP contribution in [0.25, 0.3) is 11.1 Å². The molecule has 2 N–H and O–H groups in total. The highest BCUT2D eigenvalue weighted by atomic mass is 19.3. The summed E-state index contributed by atoms with van der Waals surface area (Å²) in [6, 6.07) is 6.84. The van der Waals surface area contributed by atoms with Crippen LogP contribution in [0.1, 0.15) is 0 Å². The highest BCUT2D eigenvalue weighted by molar-refractivity contribution is 5.73. The molecular formula is C13H9F3N2O3. The maximum Gasteiger partial charge on any atom is 0.387 e. The zero-order valence-corrected chi connectivity index (χ0v) is 10.4. The van der Waals surface area contributed by atoms with E-state index in [1.54, 1.807) is 0 Å². The van der Waals surface area contributed by atoms with Crippen molar-refractivity contribution in [2.75, 3.05) is 5.73 Å².